The minimum atomic E-state index is -3.72. The number of hydrogen-bond acceptors (Lipinski definition) is 5. The zero-order valence-corrected chi connectivity index (χ0v) is 12.2. The molecule has 1 aromatic rings. The van der Waals surface area contributed by atoms with Gasteiger partial charge in [-0.25, -0.2) is 13.4 Å². The molecule has 21 heavy (non-hydrogen) atoms. The van der Waals surface area contributed by atoms with Crippen molar-refractivity contribution in [1.82, 2.24) is 9.29 Å². The average Bonchev–Trinajstić information content (AvgIpc) is 2.47. The molecule has 1 aliphatic heterocycles. The highest BCUT2D eigenvalue weighted by atomic mass is 32.2. The number of rotatable bonds is 4. The fraction of sp³-hybridized carbons (Fsp3) is 0.462. The summed E-state index contributed by atoms with van der Waals surface area (Å²) in [6, 6.07) is 4.68. The normalized spacial score (nSPS) is 17.3. The predicted octanol–water partition coefficient (Wildman–Crippen LogP) is 0.229. The van der Waals surface area contributed by atoms with Gasteiger partial charge in [0.15, 0.2) is 5.69 Å². The van der Waals surface area contributed by atoms with Crippen molar-refractivity contribution in [1.29, 1.82) is 5.26 Å². The number of nitriles is 1. The molecule has 0 aromatic carbocycles. The number of pyridine rings is 1. The molecule has 0 bridgehead atoms. The van der Waals surface area contributed by atoms with Gasteiger partial charge in [-0.3, -0.25) is 4.79 Å². The number of piperidine rings is 1. The largest absolute Gasteiger partial charge is 0.370 e. The van der Waals surface area contributed by atoms with Crippen molar-refractivity contribution in [2.75, 3.05) is 13.1 Å². The summed E-state index contributed by atoms with van der Waals surface area (Å²) in [5.74, 6) is -0.242. The lowest BCUT2D eigenvalue weighted by Crippen LogP contribution is -2.39. The summed E-state index contributed by atoms with van der Waals surface area (Å²) >= 11 is 0. The Balaban J connectivity index is 2.16. The van der Waals surface area contributed by atoms with Gasteiger partial charge in [0.2, 0.25) is 15.9 Å². The van der Waals surface area contributed by atoms with Crippen LogP contribution < -0.4 is 5.73 Å². The molecule has 0 saturated carbocycles. The monoisotopic (exact) mass is 308 g/mol. The maximum absolute atomic E-state index is 12.5. The number of nitrogens with zero attached hydrogens (tertiary/aromatic N) is 3. The van der Waals surface area contributed by atoms with E-state index in [2.05, 4.69) is 4.98 Å². The molecule has 7 nitrogen and oxygen atoms in total. The van der Waals surface area contributed by atoms with Crippen molar-refractivity contribution < 1.29 is 13.2 Å². The molecule has 1 aliphatic rings. The third kappa shape index (κ3) is 3.37. The highest BCUT2D eigenvalue weighted by Crippen LogP contribution is 2.26. The molecule has 8 heteroatoms. The molecule has 2 rings (SSSR count). The van der Waals surface area contributed by atoms with E-state index in [1.165, 1.54) is 22.6 Å². The number of hydrogen-bond donors (Lipinski definition) is 1. The molecular formula is C13H16N4O3S. The number of nitrogens with two attached hydrogens (primary N) is 1. The van der Waals surface area contributed by atoms with E-state index in [4.69, 9.17) is 11.0 Å². The molecule has 1 saturated heterocycles. The van der Waals surface area contributed by atoms with E-state index in [0.29, 0.717) is 25.9 Å². The minimum absolute atomic E-state index is 0.0687. The summed E-state index contributed by atoms with van der Waals surface area (Å²) in [7, 11) is -3.72. The average molecular weight is 308 g/mol. The summed E-state index contributed by atoms with van der Waals surface area (Å²) < 4.78 is 26.4. The Morgan fingerprint density at radius 3 is 2.71 bits per heavy atom. The Morgan fingerprint density at radius 2 is 2.14 bits per heavy atom. The lowest BCUT2D eigenvalue weighted by atomic mass is 9.94. The molecular weight excluding hydrogens is 292 g/mol. The fourth-order valence-electron chi connectivity index (χ4n) is 2.46. The first-order valence-electron chi connectivity index (χ1n) is 6.58. The van der Waals surface area contributed by atoms with Crippen LogP contribution in [0.2, 0.25) is 0 Å². The Kier molecular flexibility index (Phi) is 4.55. The van der Waals surface area contributed by atoms with E-state index in [-0.39, 0.29) is 28.8 Å². The van der Waals surface area contributed by atoms with Gasteiger partial charge in [-0.1, -0.05) is 0 Å². The lowest BCUT2D eigenvalue weighted by Gasteiger charge is -2.30. The highest BCUT2D eigenvalue weighted by Gasteiger charge is 2.31. The van der Waals surface area contributed by atoms with E-state index < -0.39 is 10.0 Å². The fourth-order valence-corrected chi connectivity index (χ4v) is 4.02. The number of carbonyl (C=O) groups excluding carboxylic acids is 1. The number of carbonyl (C=O) groups is 1. The van der Waals surface area contributed by atoms with E-state index in [0.717, 1.165) is 0 Å². The van der Waals surface area contributed by atoms with Gasteiger partial charge in [-0.15, -0.1) is 0 Å². The van der Waals surface area contributed by atoms with Crippen LogP contribution in [0.3, 0.4) is 0 Å². The smallest absolute Gasteiger partial charge is 0.245 e. The molecule has 0 atom stereocenters. The second kappa shape index (κ2) is 6.20. The van der Waals surface area contributed by atoms with Crippen molar-refractivity contribution in [3.05, 3.63) is 24.0 Å². The summed E-state index contributed by atoms with van der Waals surface area (Å²) in [4.78, 5) is 14.6. The van der Waals surface area contributed by atoms with Crippen LogP contribution in [-0.2, 0) is 14.8 Å². The molecule has 0 unspecified atom stereocenters. The van der Waals surface area contributed by atoms with E-state index >= 15 is 0 Å². The first-order chi connectivity index (χ1) is 9.95. The van der Waals surface area contributed by atoms with Gasteiger partial charge in [-0.05, 0) is 30.9 Å². The number of primary amides is 1. The summed E-state index contributed by atoms with van der Waals surface area (Å²) in [5, 5.41) is 8.97. The molecule has 2 heterocycles. The van der Waals surface area contributed by atoms with Crippen molar-refractivity contribution in [3.8, 4) is 6.07 Å². The minimum Gasteiger partial charge on any atom is -0.370 e. The van der Waals surface area contributed by atoms with Gasteiger partial charge in [-0.2, -0.15) is 9.57 Å². The second-order valence-corrected chi connectivity index (χ2v) is 6.89. The van der Waals surface area contributed by atoms with Gasteiger partial charge < -0.3 is 5.73 Å². The summed E-state index contributed by atoms with van der Waals surface area (Å²) in [6.07, 6.45) is 2.84. The molecule has 1 fully saturated rings. The molecule has 0 aliphatic carbocycles. The molecule has 112 valence electrons. The third-order valence-electron chi connectivity index (χ3n) is 3.56. The molecule has 2 N–H and O–H groups in total. The van der Waals surface area contributed by atoms with E-state index in [1.807, 2.05) is 0 Å². The molecule has 0 radical (unpaired) electrons. The van der Waals surface area contributed by atoms with Gasteiger partial charge >= 0.3 is 0 Å². The second-order valence-electron chi connectivity index (χ2n) is 4.98. The van der Waals surface area contributed by atoms with Crippen LogP contribution >= 0.6 is 0 Å². The lowest BCUT2D eigenvalue weighted by molar-refractivity contribution is -0.119. The third-order valence-corrected chi connectivity index (χ3v) is 5.49. The number of sulfonamides is 1. The van der Waals surface area contributed by atoms with Crippen LogP contribution in [-0.4, -0.2) is 36.7 Å². The van der Waals surface area contributed by atoms with E-state index in [9.17, 15) is 13.2 Å². The molecule has 0 spiro atoms. The Bertz CT molecular complexity index is 673. The highest BCUT2D eigenvalue weighted by molar-refractivity contribution is 7.89. The topological polar surface area (TPSA) is 117 Å². The van der Waals surface area contributed by atoms with Gasteiger partial charge in [0.05, 0.1) is 0 Å². The van der Waals surface area contributed by atoms with Gasteiger partial charge in [0.25, 0.3) is 0 Å². The van der Waals surface area contributed by atoms with Crippen LogP contribution in [0.15, 0.2) is 23.2 Å². The summed E-state index contributed by atoms with van der Waals surface area (Å²) in [6.45, 7) is 0.639. The van der Waals surface area contributed by atoms with Gasteiger partial charge in [0.1, 0.15) is 11.0 Å². The zero-order valence-electron chi connectivity index (χ0n) is 11.4. The van der Waals surface area contributed by atoms with Crippen LogP contribution in [0, 0.1) is 17.2 Å². The Hall–Kier alpha value is -1.98. The van der Waals surface area contributed by atoms with Crippen LogP contribution in [0.25, 0.3) is 0 Å². The number of amides is 1. The van der Waals surface area contributed by atoms with Gasteiger partial charge in [0, 0.05) is 25.7 Å². The first kappa shape index (κ1) is 15.4. The first-order valence-corrected chi connectivity index (χ1v) is 8.02. The number of aromatic nitrogens is 1. The van der Waals surface area contributed by atoms with Crippen molar-refractivity contribution in [2.45, 2.75) is 24.2 Å². The standard InChI is InChI=1S/C13H16N4O3S/c14-9-11-12(2-1-5-16-11)21(19,20)17-6-3-10(4-7-17)8-13(15)18/h1-2,5,10H,3-4,6-8H2,(H2,15,18). The van der Waals surface area contributed by atoms with Crippen LogP contribution in [0.4, 0.5) is 0 Å². The molecule has 1 amide bonds. The Morgan fingerprint density at radius 1 is 1.48 bits per heavy atom. The Labute approximate surface area is 123 Å². The SMILES string of the molecule is N#Cc1ncccc1S(=O)(=O)N1CCC(CC(N)=O)CC1. The quantitative estimate of drug-likeness (QED) is 0.854. The zero-order chi connectivity index (χ0) is 15.5. The predicted molar refractivity (Wildman–Crippen MR) is 74.2 cm³/mol. The van der Waals surface area contributed by atoms with Crippen molar-refractivity contribution >= 4 is 15.9 Å². The van der Waals surface area contributed by atoms with Crippen molar-refractivity contribution in [2.24, 2.45) is 11.7 Å². The van der Waals surface area contributed by atoms with E-state index in [1.54, 1.807) is 6.07 Å². The van der Waals surface area contributed by atoms with Crippen molar-refractivity contribution in [3.63, 3.8) is 0 Å². The van der Waals surface area contributed by atoms with Crippen LogP contribution in [0.5, 0.6) is 0 Å². The maximum atomic E-state index is 12.5. The van der Waals surface area contributed by atoms with Crippen LogP contribution in [0.1, 0.15) is 25.0 Å². The maximum Gasteiger partial charge on any atom is 0.245 e. The molecule has 1 aromatic heterocycles. The summed E-state index contributed by atoms with van der Waals surface area (Å²) in [5.41, 5.74) is 5.06.